The number of hydrogen-bond donors (Lipinski definition) is 1. The first kappa shape index (κ1) is 17.3. The molecule has 0 aliphatic carbocycles. The summed E-state index contributed by atoms with van der Waals surface area (Å²) < 4.78 is 4.76. The first-order valence-electron chi connectivity index (χ1n) is 6.58. The fourth-order valence-corrected chi connectivity index (χ4v) is 3.83. The second-order valence-electron chi connectivity index (χ2n) is 4.79. The number of nitrogens with zero attached hydrogens (tertiary/aromatic N) is 1. The molecule has 0 aliphatic heterocycles. The van der Waals surface area contributed by atoms with Crippen LogP contribution in [0.5, 0.6) is 0 Å². The molecule has 114 valence electrons. The van der Waals surface area contributed by atoms with Gasteiger partial charge in [0.15, 0.2) is 0 Å². The minimum Gasteiger partial charge on any atom is -0.360 e. The Balaban J connectivity index is 0.000000154. The van der Waals surface area contributed by atoms with E-state index in [0.29, 0.717) is 0 Å². The van der Waals surface area contributed by atoms with Crippen LogP contribution in [0.1, 0.15) is 7.43 Å². The lowest BCUT2D eigenvalue weighted by atomic mass is 10.2. The number of hydrogen-bond acceptors (Lipinski definition) is 0. The maximum absolute atomic E-state index is 3.18. The maximum Gasteiger partial charge on any atom is 0.0488 e. The second kappa shape index (κ2) is 7.50. The molecular formula is C18H18I2N2. The Hall–Kier alpha value is -1.02. The highest BCUT2D eigenvalue weighted by Crippen LogP contribution is 2.21. The zero-order valence-electron chi connectivity index (χ0n) is 11.5. The molecule has 2 aromatic heterocycles. The largest absolute Gasteiger partial charge is 0.360 e. The van der Waals surface area contributed by atoms with Gasteiger partial charge >= 0.3 is 0 Å². The van der Waals surface area contributed by atoms with Crippen LogP contribution in [0.4, 0.5) is 0 Å². The summed E-state index contributed by atoms with van der Waals surface area (Å²) in [7, 11) is 2.07. The minimum absolute atomic E-state index is 0. The number of aryl methyl sites for hydroxylation is 1. The Labute approximate surface area is 158 Å². The van der Waals surface area contributed by atoms with E-state index in [2.05, 4.69) is 110 Å². The van der Waals surface area contributed by atoms with E-state index < -0.39 is 0 Å². The number of aromatic nitrogens is 2. The van der Waals surface area contributed by atoms with Gasteiger partial charge in [-0.2, -0.15) is 0 Å². The number of para-hydroxylation sites is 2. The van der Waals surface area contributed by atoms with Crippen molar-refractivity contribution in [2.45, 2.75) is 7.43 Å². The smallest absolute Gasteiger partial charge is 0.0488 e. The van der Waals surface area contributed by atoms with Crippen LogP contribution in [-0.2, 0) is 7.05 Å². The van der Waals surface area contributed by atoms with Crippen LogP contribution in [0.25, 0.3) is 21.8 Å². The molecule has 4 rings (SSSR count). The molecule has 0 saturated carbocycles. The van der Waals surface area contributed by atoms with E-state index in [9.17, 15) is 0 Å². The quantitative estimate of drug-likeness (QED) is 0.269. The fourth-order valence-electron chi connectivity index (χ4n) is 2.33. The molecule has 0 saturated heterocycles. The maximum atomic E-state index is 3.18. The van der Waals surface area contributed by atoms with Crippen molar-refractivity contribution in [2.75, 3.05) is 0 Å². The predicted molar refractivity (Wildman–Crippen MR) is 113 cm³/mol. The number of nitrogens with one attached hydrogen (secondary N) is 1. The summed E-state index contributed by atoms with van der Waals surface area (Å²) in [5.41, 5.74) is 2.52. The molecule has 0 bridgehead atoms. The van der Waals surface area contributed by atoms with Gasteiger partial charge in [0.05, 0.1) is 0 Å². The molecule has 0 amide bonds. The molecule has 0 atom stereocenters. The second-order valence-corrected chi connectivity index (χ2v) is 7.11. The third-order valence-corrected chi connectivity index (χ3v) is 5.14. The highest BCUT2D eigenvalue weighted by molar-refractivity contribution is 14.1. The van der Waals surface area contributed by atoms with Crippen LogP contribution in [0.3, 0.4) is 0 Å². The number of H-pyrrole nitrogens is 1. The zero-order chi connectivity index (χ0) is 14.8. The van der Waals surface area contributed by atoms with Gasteiger partial charge in [-0.25, -0.2) is 0 Å². The lowest BCUT2D eigenvalue weighted by Crippen LogP contribution is -1.81. The number of benzene rings is 2. The van der Waals surface area contributed by atoms with Gasteiger partial charge in [0.25, 0.3) is 0 Å². The molecule has 0 aliphatic rings. The van der Waals surface area contributed by atoms with Crippen molar-refractivity contribution in [3.63, 3.8) is 0 Å². The molecule has 0 spiro atoms. The minimum atomic E-state index is 0. The van der Waals surface area contributed by atoms with Gasteiger partial charge in [-0.15, -0.1) is 0 Å². The topological polar surface area (TPSA) is 20.7 Å². The van der Waals surface area contributed by atoms with Crippen LogP contribution in [0, 0.1) is 7.14 Å². The third-order valence-electron chi connectivity index (χ3n) is 3.39. The lowest BCUT2D eigenvalue weighted by Gasteiger charge is -1.92. The van der Waals surface area contributed by atoms with Crippen molar-refractivity contribution in [2.24, 2.45) is 7.05 Å². The van der Waals surface area contributed by atoms with Crippen molar-refractivity contribution < 1.29 is 0 Å². The Morgan fingerprint density at radius 2 is 1.50 bits per heavy atom. The van der Waals surface area contributed by atoms with Crippen LogP contribution in [-0.4, -0.2) is 9.55 Å². The number of halogens is 2. The predicted octanol–water partition coefficient (Wildman–Crippen LogP) is 6.19. The zero-order valence-corrected chi connectivity index (χ0v) is 15.8. The van der Waals surface area contributed by atoms with E-state index in [1.165, 1.54) is 28.9 Å². The molecule has 4 heteroatoms. The van der Waals surface area contributed by atoms with Gasteiger partial charge in [-0.3, -0.25) is 0 Å². The van der Waals surface area contributed by atoms with Gasteiger partial charge in [-0.1, -0.05) is 43.8 Å². The summed E-state index contributed by atoms with van der Waals surface area (Å²) in [4.78, 5) is 3.18. The molecule has 4 aromatic rings. The SMILES string of the molecule is C.Cn1cc(I)c2ccccc21.Ic1c[nH]c2ccccc12. The third kappa shape index (κ3) is 3.48. The van der Waals surface area contributed by atoms with Crippen molar-refractivity contribution in [1.29, 1.82) is 0 Å². The van der Waals surface area contributed by atoms with E-state index >= 15 is 0 Å². The van der Waals surface area contributed by atoms with Crippen molar-refractivity contribution in [3.05, 3.63) is 68.1 Å². The van der Waals surface area contributed by atoms with Gasteiger partial charge in [0.2, 0.25) is 0 Å². The fraction of sp³-hybridized carbons (Fsp3) is 0.111. The number of aromatic amines is 1. The first-order chi connectivity index (χ1) is 10.2. The Morgan fingerprint density at radius 1 is 0.864 bits per heavy atom. The normalized spacial score (nSPS) is 10.1. The van der Waals surface area contributed by atoms with Crippen LogP contribution in [0.15, 0.2) is 60.9 Å². The van der Waals surface area contributed by atoms with Gasteiger partial charge in [0.1, 0.15) is 0 Å². The van der Waals surface area contributed by atoms with Gasteiger partial charge < -0.3 is 9.55 Å². The molecule has 0 radical (unpaired) electrons. The summed E-state index contributed by atoms with van der Waals surface area (Å²) >= 11 is 4.68. The van der Waals surface area contributed by atoms with Crippen molar-refractivity contribution in [3.8, 4) is 0 Å². The molecular weight excluding hydrogens is 498 g/mol. The average molecular weight is 516 g/mol. The standard InChI is InChI=1S/C9H8IN.C8H6IN.CH4/c1-11-6-8(10)7-4-2-3-5-9(7)11;9-7-5-10-8-4-2-1-3-6(7)8;/h2-6H,1H3;1-5,10H;1H4. The Bertz CT molecular complexity index is 854. The summed E-state index contributed by atoms with van der Waals surface area (Å²) in [6.45, 7) is 0. The molecule has 2 aromatic carbocycles. The monoisotopic (exact) mass is 516 g/mol. The number of rotatable bonds is 0. The van der Waals surface area contributed by atoms with E-state index in [-0.39, 0.29) is 7.43 Å². The van der Waals surface area contributed by atoms with Crippen LogP contribution >= 0.6 is 45.2 Å². The summed E-state index contributed by atoms with van der Waals surface area (Å²) in [6, 6.07) is 16.7. The summed E-state index contributed by atoms with van der Waals surface area (Å²) in [5, 5.41) is 2.65. The van der Waals surface area contributed by atoms with Gasteiger partial charge in [-0.05, 0) is 57.3 Å². The summed E-state index contributed by atoms with van der Waals surface area (Å²) in [5.74, 6) is 0. The van der Waals surface area contributed by atoms with E-state index in [1.807, 2.05) is 12.3 Å². The molecule has 2 heterocycles. The van der Waals surface area contributed by atoms with E-state index in [1.54, 1.807) is 0 Å². The molecule has 2 nitrogen and oxygen atoms in total. The molecule has 0 fully saturated rings. The molecule has 22 heavy (non-hydrogen) atoms. The van der Waals surface area contributed by atoms with Crippen LogP contribution < -0.4 is 0 Å². The molecule has 1 N–H and O–H groups in total. The lowest BCUT2D eigenvalue weighted by molar-refractivity contribution is 0.966. The van der Waals surface area contributed by atoms with E-state index in [0.717, 1.165) is 0 Å². The van der Waals surface area contributed by atoms with Crippen molar-refractivity contribution >= 4 is 67.0 Å². The van der Waals surface area contributed by atoms with Crippen LogP contribution in [0.2, 0.25) is 0 Å². The Kier molecular flexibility index (Phi) is 5.91. The number of fused-ring (bicyclic) bond motifs is 2. The highest BCUT2D eigenvalue weighted by atomic mass is 127. The molecule has 0 unspecified atom stereocenters. The average Bonchev–Trinajstić information content (AvgIpc) is 3.02. The van der Waals surface area contributed by atoms with Gasteiger partial charge in [0, 0.05) is 48.4 Å². The Morgan fingerprint density at radius 3 is 2.18 bits per heavy atom. The van der Waals surface area contributed by atoms with E-state index in [4.69, 9.17) is 0 Å². The first-order valence-corrected chi connectivity index (χ1v) is 8.74. The summed E-state index contributed by atoms with van der Waals surface area (Å²) in [6.07, 6.45) is 4.16. The highest BCUT2D eigenvalue weighted by Gasteiger charge is 2.00. The van der Waals surface area contributed by atoms with Crippen molar-refractivity contribution in [1.82, 2.24) is 9.55 Å².